The van der Waals surface area contributed by atoms with Gasteiger partial charge in [-0.1, -0.05) is 6.07 Å². The number of ether oxygens (including phenoxy) is 1. The molecule has 1 aliphatic rings. The van der Waals surface area contributed by atoms with Gasteiger partial charge in [-0.05, 0) is 31.0 Å². The van der Waals surface area contributed by atoms with Gasteiger partial charge in [-0.25, -0.2) is 12.7 Å². The van der Waals surface area contributed by atoms with E-state index in [4.69, 9.17) is 4.74 Å². The lowest BCUT2D eigenvalue weighted by atomic mass is 10.1. The molecule has 0 saturated carbocycles. The number of piperidine rings is 1. The lowest BCUT2D eigenvalue weighted by Gasteiger charge is -2.30. The number of nitrogens with one attached hydrogen (secondary N) is 1. The summed E-state index contributed by atoms with van der Waals surface area (Å²) in [5, 5.41) is 1.07. The van der Waals surface area contributed by atoms with Gasteiger partial charge in [0.05, 0.1) is 6.26 Å². The van der Waals surface area contributed by atoms with Crippen LogP contribution in [-0.4, -0.2) is 43.2 Å². The lowest BCUT2D eigenvalue weighted by Crippen LogP contribution is -2.41. The first-order chi connectivity index (χ1) is 9.54. The van der Waals surface area contributed by atoms with Gasteiger partial charge in [-0.3, -0.25) is 0 Å². The molecule has 6 heteroatoms. The quantitative estimate of drug-likeness (QED) is 0.941. The fraction of sp³-hybridized carbons (Fsp3) is 0.429. The summed E-state index contributed by atoms with van der Waals surface area (Å²) in [5.74, 6) is 0.863. The zero-order valence-corrected chi connectivity index (χ0v) is 12.2. The van der Waals surface area contributed by atoms with E-state index >= 15 is 0 Å². The second-order valence-electron chi connectivity index (χ2n) is 5.17. The van der Waals surface area contributed by atoms with Gasteiger partial charge in [0.25, 0.3) is 0 Å². The van der Waals surface area contributed by atoms with E-state index in [1.165, 1.54) is 10.6 Å². The van der Waals surface area contributed by atoms with Crippen LogP contribution in [0.1, 0.15) is 12.8 Å². The molecule has 1 fully saturated rings. The van der Waals surface area contributed by atoms with Crippen molar-refractivity contribution in [2.45, 2.75) is 18.9 Å². The number of aromatic amines is 1. The average molecular weight is 294 g/mol. The van der Waals surface area contributed by atoms with Gasteiger partial charge in [0.1, 0.15) is 11.9 Å². The third kappa shape index (κ3) is 2.66. The zero-order chi connectivity index (χ0) is 14.2. The van der Waals surface area contributed by atoms with Gasteiger partial charge < -0.3 is 9.72 Å². The largest absolute Gasteiger partial charge is 0.490 e. The Morgan fingerprint density at radius 3 is 2.70 bits per heavy atom. The van der Waals surface area contributed by atoms with Crippen molar-refractivity contribution < 1.29 is 13.2 Å². The molecule has 0 unspecified atom stereocenters. The number of benzene rings is 1. The monoisotopic (exact) mass is 294 g/mol. The number of fused-ring (bicyclic) bond motifs is 1. The Balaban J connectivity index is 1.70. The van der Waals surface area contributed by atoms with Crippen molar-refractivity contribution in [1.29, 1.82) is 0 Å². The van der Waals surface area contributed by atoms with Crippen LogP contribution in [0.15, 0.2) is 30.5 Å². The number of H-pyrrole nitrogens is 1. The van der Waals surface area contributed by atoms with Crippen LogP contribution in [0, 0.1) is 0 Å². The number of rotatable bonds is 3. The zero-order valence-electron chi connectivity index (χ0n) is 11.4. The Morgan fingerprint density at radius 1 is 1.25 bits per heavy atom. The van der Waals surface area contributed by atoms with E-state index < -0.39 is 10.0 Å². The fourth-order valence-electron chi connectivity index (χ4n) is 2.62. The molecule has 0 bridgehead atoms. The fourth-order valence-corrected chi connectivity index (χ4v) is 3.49. The van der Waals surface area contributed by atoms with Crippen molar-refractivity contribution >= 4 is 20.9 Å². The van der Waals surface area contributed by atoms with Crippen LogP contribution in [0.5, 0.6) is 5.75 Å². The smallest absolute Gasteiger partial charge is 0.211 e. The molecule has 1 aromatic heterocycles. The van der Waals surface area contributed by atoms with E-state index in [1.54, 1.807) is 0 Å². The summed E-state index contributed by atoms with van der Waals surface area (Å²) in [7, 11) is -3.08. The van der Waals surface area contributed by atoms with E-state index in [2.05, 4.69) is 4.98 Å². The molecule has 0 spiro atoms. The Hall–Kier alpha value is -1.53. The molecule has 1 saturated heterocycles. The van der Waals surface area contributed by atoms with Gasteiger partial charge in [0.15, 0.2) is 0 Å². The highest BCUT2D eigenvalue weighted by molar-refractivity contribution is 7.88. The van der Waals surface area contributed by atoms with E-state index in [1.807, 2.05) is 30.5 Å². The molecule has 1 aromatic carbocycles. The minimum atomic E-state index is -3.08. The highest BCUT2D eigenvalue weighted by Crippen LogP contribution is 2.27. The van der Waals surface area contributed by atoms with Crippen molar-refractivity contribution in [2.24, 2.45) is 0 Å². The summed E-state index contributed by atoms with van der Waals surface area (Å²) in [5.41, 5.74) is 1.05. The van der Waals surface area contributed by atoms with E-state index in [0.29, 0.717) is 13.1 Å². The van der Waals surface area contributed by atoms with Crippen LogP contribution in [0.4, 0.5) is 0 Å². The molecule has 0 atom stereocenters. The highest BCUT2D eigenvalue weighted by Gasteiger charge is 2.26. The first-order valence-electron chi connectivity index (χ1n) is 6.72. The average Bonchev–Trinajstić information content (AvgIpc) is 2.88. The number of hydrogen-bond donors (Lipinski definition) is 1. The molecule has 0 radical (unpaired) electrons. The molecular weight excluding hydrogens is 276 g/mol. The Labute approximate surface area is 118 Å². The maximum Gasteiger partial charge on any atom is 0.211 e. The van der Waals surface area contributed by atoms with Gasteiger partial charge in [-0.15, -0.1) is 0 Å². The molecule has 1 aliphatic heterocycles. The molecule has 1 N–H and O–H groups in total. The Kier molecular flexibility index (Phi) is 3.43. The maximum atomic E-state index is 11.5. The van der Waals surface area contributed by atoms with Crippen molar-refractivity contribution in [1.82, 2.24) is 9.29 Å². The first-order valence-corrected chi connectivity index (χ1v) is 8.57. The Bertz CT molecular complexity index is 700. The van der Waals surface area contributed by atoms with Crippen molar-refractivity contribution in [2.75, 3.05) is 19.3 Å². The van der Waals surface area contributed by atoms with E-state index in [0.717, 1.165) is 29.5 Å². The molecule has 2 aromatic rings. The summed E-state index contributed by atoms with van der Waals surface area (Å²) >= 11 is 0. The van der Waals surface area contributed by atoms with Crippen LogP contribution >= 0.6 is 0 Å². The molecule has 0 amide bonds. The van der Waals surface area contributed by atoms with Gasteiger partial charge in [0, 0.05) is 30.2 Å². The Morgan fingerprint density at radius 2 is 2.00 bits per heavy atom. The molecule has 108 valence electrons. The molecule has 0 aliphatic carbocycles. The van der Waals surface area contributed by atoms with Crippen LogP contribution in [-0.2, 0) is 10.0 Å². The number of hydrogen-bond acceptors (Lipinski definition) is 3. The van der Waals surface area contributed by atoms with Crippen LogP contribution in [0.3, 0.4) is 0 Å². The van der Waals surface area contributed by atoms with Crippen LogP contribution in [0.25, 0.3) is 10.9 Å². The van der Waals surface area contributed by atoms with Crippen molar-refractivity contribution in [3.63, 3.8) is 0 Å². The molecular formula is C14H18N2O3S. The summed E-state index contributed by atoms with van der Waals surface area (Å²) in [6.45, 7) is 1.07. The van der Waals surface area contributed by atoms with Crippen LogP contribution < -0.4 is 4.74 Å². The predicted molar refractivity (Wildman–Crippen MR) is 78.4 cm³/mol. The van der Waals surface area contributed by atoms with Gasteiger partial charge >= 0.3 is 0 Å². The standard InChI is InChI=1S/C14H18N2O3S/c1-20(17,18)16-9-6-11(7-10-16)19-14-4-2-3-13-12(14)5-8-15-13/h2-5,8,11,15H,6-7,9-10H2,1H3. The minimum Gasteiger partial charge on any atom is -0.490 e. The summed E-state index contributed by atoms with van der Waals surface area (Å²) in [6.07, 6.45) is 4.69. The van der Waals surface area contributed by atoms with Crippen molar-refractivity contribution in [3.8, 4) is 5.75 Å². The summed E-state index contributed by atoms with van der Waals surface area (Å²) in [6, 6.07) is 7.92. The molecule has 3 rings (SSSR count). The third-order valence-corrected chi connectivity index (χ3v) is 5.02. The lowest BCUT2D eigenvalue weighted by molar-refractivity contribution is 0.137. The maximum absolute atomic E-state index is 11.5. The van der Waals surface area contributed by atoms with Crippen LogP contribution in [0.2, 0.25) is 0 Å². The molecule has 2 heterocycles. The highest BCUT2D eigenvalue weighted by atomic mass is 32.2. The molecule has 5 nitrogen and oxygen atoms in total. The third-order valence-electron chi connectivity index (χ3n) is 3.72. The van der Waals surface area contributed by atoms with Gasteiger partial charge in [-0.2, -0.15) is 0 Å². The summed E-state index contributed by atoms with van der Waals surface area (Å²) < 4.78 is 30.5. The SMILES string of the molecule is CS(=O)(=O)N1CCC(Oc2cccc3[nH]ccc23)CC1. The molecule has 20 heavy (non-hydrogen) atoms. The van der Waals surface area contributed by atoms with E-state index in [-0.39, 0.29) is 6.10 Å². The predicted octanol–water partition coefficient (Wildman–Crippen LogP) is 1.97. The number of sulfonamides is 1. The minimum absolute atomic E-state index is 0.0773. The van der Waals surface area contributed by atoms with E-state index in [9.17, 15) is 8.42 Å². The second-order valence-corrected chi connectivity index (χ2v) is 7.16. The summed E-state index contributed by atoms with van der Waals surface area (Å²) in [4.78, 5) is 3.16. The van der Waals surface area contributed by atoms with Crippen molar-refractivity contribution in [3.05, 3.63) is 30.5 Å². The normalized spacial score (nSPS) is 18.4. The first kappa shape index (κ1) is 13.5. The number of nitrogens with zero attached hydrogens (tertiary/aromatic N) is 1. The topological polar surface area (TPSA) is 62.4 Å². The van der Waals surface area contributed by atoms with Gasteiger partial charge in [0.2, 0.25) is 10.0 Å². The number of aromatic nitrogens is 1. The second kappa shape index (κ2) is 5.10.